The van der Waals surface area contributed by atoms with Crippen LogP contribution < -0.4 is 10.6 Å². The maximum absolute atomic E-state index is 11.8. The molecular weight excluding hydrogens is 296 g/mol. The first kappa shape index (κ1) is 16.7. The number of benzene rings is 1. The fraction of sp³-hybridized carbons (Fsp3) is 0.385. The lowest BCUT2D eigenvalue weighted by Crippen LogP contribution is -2.43. The predicted molar refractivity (Wildman–Crippen MR) is 84.8 cm³/mol. The van der Waals surface area contributed by atoms with Crippen molar-refractivity contribution in [2.45, 2.75) is 17.4 Å². The van der Waals surface area contributed by atoms with Crippen molar-refractivity contribution in [1.29, 1.82) is 0 Å². The highest BCUT2D eigenvalue weighted by atomic mass is 32.2. The van der Waals surface area contributed by atoms with E-state index in [1.165, 1.54) is 0 Å². The summed E-state index contributed by atoms with van der Waals surface area (Å²) >= 11 is 3.12. The van der Waals surface area contributed by atoms with Crippen molar-refractivity contribution >= 4 is 41.2 Å². The Morgan fingerprint density at radius 1 is 1.35 bits per heavy atom. The molecule has 0 saturated heterocycles. The number of carbonyl (C=O) groups excluding carboxylic acids is 1. The molecule has 1 rings (SSSR count). The fourth-order valence-electron chi connectivity index (χ4n) is 1.52. The summed E-state index contributed by atoms with van der Waals surface area (Å²) < 4.78 is 0. The van der Waals surface area contributed by atoms with Crippen LogP contribution in [0.1, 0.15) is 6.42 Å². The van der Waals surface area contributed by atoms with E-state index in [4.69, 9.17) is 5.11 Å². The number of rotatable bonds is 7. The van der Waals surface area contributed by atoms with Crippen LogP contribution in [0.3, 0.4) is 0 Å². The number of anilines is 1. The first-order valence-corrected chi connectivity index (χ1v) is 8.62. The van der Waals surface area contributed by atoms with Crippen molar-refractivity contribution in [1.82, 2.24) is 5.32 Å². The van der Waals surface area contributed by atoms with E-state index >= 15 is 0 Å². The van der Waals surface area contributed by atoms with Gasteiger partial charge in [0, 0.05) is 10.6 Å². The topological polar surface area (TPSA) is 78.4 Å². The first-order chi connectivity index (χ1) is 9.56. The Balaban J connectivity index is 2.58. The summed E-state index contributed by atoms with van der Waals surface area (Å²) in [5.74, 6) is -0.341. The Kier molecular flexibility index (Phi) is 7.32. The number of carboxylic acids is 1. The second-order valence-corrected chi connectivity index (χ2v) is 5.87. The van der Waals surface area contributed by atoms with Gasteiger partial charge in [0.25, 0.3) is 0 Å². The lowest BCUT2D eigenvalue weighted by molar-refractivity contribution is -0.139. The van der Waals surface area contributed by atoms with Crippen LogP contribution in [0.25, 0.3) is 0 Å². The van der Waals surface area contributed by atoms with E-state index in [9.17, 15) is 9.59 Å². The Hall–Kier alpha value is -1.34. The quantitative estimate of drug-likeness (QED) is 0.675. The molecular formula is C13H18N2O3S2. The molecule has 7 heteroatoms. The van der Waals surface area contributed by atoms with Gasteiger partial charge >= 0.3 is 12.0 Å². The highest BCUT2D eigenvalue weighted by molar-refractivity contribution is 7.98. The average Bonchev–Trinajstić information content (AvgIpc) is 2.43. The standard InChI is InChI=1S/C13H18N2O3S2/c1-19-7-6-11(12(16)17)15-13(18)14-9-4-3-5-10(8-9)20-2/h3-5,8,11H,6-7H2,1-2H3,(H,16,17)(H2,14,15,18). The third-order valence-electron chi connectivity index (χ3n) is 2.54. The van der Waals surface area contributed by atoms with Gasteiger partial charge < -0.3 is 15.7 Å². The molecule has 1 aromatic carbocycles. The van der Waals surface area contributed by atoms with Gasteiger partial charge in [0.15, 0.2) is 0 Å². The monoisotopic (exact) mass is 314 g/mol. The van der Waals surface area contributed by atoms with Crippen molar-refractivity contribution in [3.63, 3.8) is 0 Å². The Morgan fingerprint density at radius 2 is 2.10 bits per heavy atom. The van der Waals surface area contributed by atoms with Gasteiger partial charge in [-0.05, 0) is 42.9 Å². The molecule has 2 amide bonds. The highest BCUT2D eigenvalue weighted by Crippen LogP contribution is 2.18. The van der Waals surface area contributed by atoms with E-state index < -0.39 is 18.0 Å². The van der Waals surface area contributed by atoms with Crippen LogP contribution >= 0.6 is 23.5 Å². The first-order valence-electron chi connectivity index (χ1n) is 6.00. The molecule has 0 aliphatic heterocycles. The number of carboxylic acid groups (broad SMARTS) is 1. The number of amides is 2. The molecule has 5 nitrogen and oxygen atoms in total. The van der Waals surface area contributed by atoms with Crippen LogP contribution in [0, 0.1) is 0 Å². The minimum Gasteiger partial charge on any atom is -0.480 e. The van der Waals surface area contributed by atoms with Gasteiger partial charge in [0.2, 0.25) is 0 Å². The minimum absolute atomic E-state index is 0.398. The van der Waals surface area contributed by atoms with Crippen LogP contribution in [0.15, 0.2) is 29.2 Å². The zero-order valence-corrected chi connectivity index (χ0v) is 13.0. The van der Waals surface area contributed by atoms with Crippen molar-refractivity contribution in [3.05, 3.63) is 24.3 Å². The van der Waals surface area contributed by atoms with Crippen molar-refractivity contribution in [2.24, 2.45) is 0 Å². The molecule has 110 valence electrons. The summed E-state index contributed by atoms with van der Waals surface area (Å²) in [6.45, 7) is 0. The molecule has 1 aromatic rings. The molecule has 0 radical (unpaired) electrons. The average molecular weight is 314 g/mol. The molecule has 3 N–H and O–H groups in total. The van der Waals surface area contributed by atoms with Crippen LogP contribution in [-0.4, -0.2) is 41.4 Å². The third kappa shape index (κ3) is 5.75. The second kappa shape index (κ2) is 8.76. The van der Waals surface area contributed by atoms with Gasteiger partial charge in [-0.25, -0.2) is 9.59 Å². The second-order valence-electron chi connectivity index (χ2n) is 4.00. The maximum Gasteiger partial charge on any atom is 0.326 e. The lowest BCUT2D eigenvalue weighted by Gasteiger charge is -2.14. The molecule has 0 aliphatic carbocycles. The third-order valence-corrected chi connectivity index (χ3v) is 3.91. The Labute approximate surface area is 126 Å². The van der Waals surface area contributed by atoms with Crippen molar-refractivity contribution in [3.8, 4) is 0 Å². The predicted octanol–water partition coefficient (Wildman–Crippen LogP) is 2.74. The molecule has 0 saturated carbocycles. The van der Waals surface area contributed by atoms with Gasteiger partial charge in [0.1, 0.15) is 6.04 Å². The lowest BCUT2D eigenvalue weighted by atomic mass is 10.2. The number of carbonyl (C=O) groups is 2. The van der Waals surface area contributed by atoms with Gasteiger partial charge in [-0.3, -0.25) is 0 Å². The fourth-order valence-corrected chi connectivity index (χ4v) is 2.45. The van der Waals surface area contributed by atoms with E-state index in [0.717, 1.165) is 4.90 Å². The van der Waals surface area contributed by atoms with Crippen LogP contribution in [0.2, 0.25) is 0 Å². The number of thioether (sulfide) groups is 2. The summed E-state index contributed by atoms with van der Waals surface area (Å²) in [6.07, 6.45) is 4.24. The van der Waals surface area contributed by atoms with E-state index in [0.29, 0.717) is 17.9 Å². The largest absolute Gasteiger partial charge is 0.480 e. The summed E-state index contributed by atoms with van der Waals surface area (Å²) in [5, 5.41) is 14.2. The van der Waals surface area contributed by atoms with Crippen LogP contribution in [-0.2, 0) is 4.79 Å². The SMILES string of the molecule is CSCCC(NC(=O)Nc1cccc(SC)c1)C(=O)O. The number of nitrogens with one attached hydrogen (secondary N) is 2. The Bertz CT molecular complexity index is 469. The van der Waals surface area contributed by atoms with E-state index in [1.54, 1.807) is 29.6 Å². The number of aliphatic carboxylic acids is 1. The summed E-state index contributed by atoms with van der Waals surface area (Å²) in [5.41, 5.74) is 0.642. The molecule has 20 heavy (non-hydrogen) atoms. The van der Waals surface area contributed by atoms with Crippen LogP contribution in [0.4, 0.5) is 10.5 Å². The van der Waals surface area contributed by atoms with Gasteiger partial charge in [-0.2, -0.15) is 11.8 Å². The number of urea groups is 1. The van der Waals surface area contributed by atoms with Gasteiger partial charge in [-0.1, -0.05) is 6.07 Å². The summed E-state index contributed by atoms with van der Waals surface area (Å²) in [4.78, 5) is 23.9. The molecule has 0 heterocycles. The molecule has 0 aliphatic rings. The normalized spacial score (nSPS) is 11.7. The van der Waals surface area contributed by atoms with Crippen molar-refractivity contribution < 1.29 is 14.7 Å². The van der Waals surface area contributed by atoms with E-state index in [-0.39, 0.29) is 0 Å². The van der Waals surface area contributed by atoms with Gasteiger partial charge in [-0.15, -0.1) is 11.8 Å². The molecule has 1 unspecified atom stereocenters. The number of hydrogen-bond acceptors (Lipinski definition) is 4. The smallest absolute Gasteiger partial charge is 0.326 e. The molecule has 0 fully saturated rings. The number of hydrogen-bond donors (Lipinski definition) is 3. The minimum atomic E-state index is -1.02. The highest BCUT2D eigenvalue weighted by Gasteiger charge is 2.19. The molecule has 1 atom stereocenters. The summed E-state index contributed by atoms with van der Waals surface area (Å²) in [6, 6.07) is 6.00. The zero-order valence-electron chi connectivity index (χ0n) is 11.4. The molecule has 0 aromatic heterocycles. The van der Waals surface area contributed by atoms with Crippen LogP contribution in [0.5, 0.6) is 0 Å². The van der Waals surface area contributed by atoms with E-state index in [2.05, 4.69) is 10.6 Å². The maximum atomic E-state index is 11.8. The van der Waals surface area contributed by atoms with Crippen molar-refractivity contribution in [2.75, 3.05) is 23.6 Å². The Morgan fingerprint density at radius 3 is 2.70 bits per heavy atom. The zero-order chi connectivity index (χ0) is 15.0. The van der Waals surface area contributed by atoms with E-state index in [1.807, 2.05) is 30.7 Å². The molecule has 0 spiro atoms. The van der Waals surface area contributed by atoms with Gasteiger partial charge in [0.05, 0.1) is 0 Å². The summed E-state index contributed by atoms with van der Waals surface area (Å²) in [7, 11) is 0. The molecule has 0 bridgehead atoms.